The Balaban J connectivity index is 2.11. The van der Waals surface area contributed by atoms with Gasteiger partial charge in [0.05, 0.1) is 5.56 Å². The van der Waals surface area contributed by atoms with Gasteiger partial charge in [-0.25, -0.2) is 0 Å². The van der Waals surface area contributed by atoms with Crippen LogP contribution in [0, 0.1) is 25.2 Å². The van der Waals surface area contributed by atoms with Crippen LogP contribution in [0.4, 0.5) is 0 Å². The number of nitriles is 1. The summed E-state index contributed by atoms with van der Waals surface area (Å²) >= 11 is 0. The van der Waals surface area contributed by atoms with Gasteiger partial charge in [0.15, 0.2) is 11.5 Å². The summed E-state index contributed by atoms with van der Waals surface area (Å²) in [6, 6.07) is 8.00. The maximum Gasteiger partial charge on any atom is 0.162 e. The molecule has 0 atom stereocenters. The van der Waals surface area contributed by atoms with Crippen molar-refractivity contribution in [3.05, 3.63) is 35.0 Å². The van der Waals surface area contributed by atoms with Gasteiger partial charge in [-0.1, -0.05) is 0 Å². The fourth-order valence-electron chi connectivity index (χ4n) is 2.30. The quantitative estimate of drug-likeness (QED) is 0.851. The van der Waals surface area contributed by atoms with Gasteiger partial charge < -0.3 is 14.5 Å². The van der Waals surface area contributed by atoms with Gasteiger partial charge in [-0.2, -0.15) is 5.26 Å². The minimum atomic E-state index is 0.572. The van der Waals surface area contributed by atoms with Crippen LogP contribution in [-0.4, -0.2) is 18.2 Å². The first-order chi connectivity index (χ1) is 9.19. The molecule has 0 fully saturated rings. The normalized spacial score (nSPS) is 13.1. The van der Waals surface area contributed by atoms with Crippen LogP contribution in [0.1, 0.15) is 16.8 Å². The summed E-state index contributed by atoms with van der Waals surface area (Å²) < 4.78 is 11.2. The molecule has 1 aliphatic rings. The van der Waals surface area contributed by atoms with Crippen LogP contribution < -0.4 is 9.47 Å². The zero-order valence-electron chi connectivity index (χ0n) is 10.9. The Hall–Kier alpha value is -2.41. The van der Waals surface area contributed by atoms with Crippen LogP contribution >= 0.6 is 0 Å². The molecule has 4 heteroatoms. The highest BCUT2D eigenvalue weighted by molar-refractivity contribution is 5.70. The number of fused-ring (bicyclic) bond motifs is 1. The third kappa shape index (κ3) is 1.93. The molecule has 1 aromatic carbocycles. The molecule has 0 unspecified atom stereocenters. The highest BCUT2D eigenvalue weighted by atomic mass is 16.6. The molecule has 0 saturated heterocycles. The van der Waals surface area contributed by atoms with Crippen LogP contribution in [0.15, 0.2) is 18.2 Å². The predicted molar refractivity (Wildman–Crippen MR) is 71.4 cm³/mol. The van der Waals surface area contributed by atoms with Gasteiger partial charge in [0, 0.05) is 17.0 Å². The second kappa shape index (κ2) is 4.36. The molecule has 1 aromatic heterocycles. The van der Waals surface area contributed by atoms with Crippen LogP contribution in [0.3, 0.4) is 0 Å². The minimum Gasteiger partial charge on any atom is -0.486 e. The summed E-state index contributed by atoms with van der Waals surface area (Å²) in [4.78, 5) is 3.24. The Morgan fingerprint density at radius 2 is 1.79 bits per heavy atom. The summed E-state index contributed by atoms with van der Waals surface area (Å²) in [5, 5.41) is 9.03. The maximum absolute atomic E-state index is 9.03. The third-order valence-corrected chi connectivity index (χ3v) is 3.31. The van der Waals surface area contributed by atoms with Gasteiger partial charge in [-0.3, -0.25) is 0 Å². The van der Waals surface area contributed by atoms with Crippen molar-refractivity contribution >= 4 is 0 Å². The topological polar surface area (TPSA) is 58.0 Å². The molecule has 0 aliphatic carbocycles. The Morgan fingerprint density at radius 1 is 1.11 bits per heavy atom. The van der Waals surface area contributed by atoms with E-state index < -0.39 is 0 Å². The number of rotatable bonds is 1. The number of aryl methyl sites for hydroxylation is 2. The number of aromatic nitrogens is 1. The number of aromatic amines is 1. The van der Waals surface area contributed by atoms with Crippen molar-refractivity contribution in [2.45, 2.75) is 13.8 Å². The average Bonchev–Trinajstić information content (AvgIpc) is 2.79. The summed E-state index contributed by atoms with van der Waals surface area (Å²) in [5.74, 6) is 1.55. The van der Waals surface area contributed by atoms with Gasteiger partial charge in [0.25, 0.3) is 0 Å². The summed E-state index contributed by atoms with van der Waals surface area (Å²) in [7, 11) is 0. The Labute approximate surface area is 111 Å². The van der Waals surface area contributed by atoms with E-state index in [9.17, 15) is 0 Å². The molecule has 3 rings (SSSR count). The van der Waals surface area contributed by atoms with Crippen molar-refractivity contribution in [2.75, 3.05) is 13.2 Å². The first-order valence-electron chi connectivity index (χ1n) is 6.19. The van der Waals surface area contributed by atoms with Crippen LogP contribution in [0.5, 0.6) is 11.5 Å². The average molecular weight is 254 g/mol. The lowest BCUT2D eigenvalue weighted by Crippen LogP contribution is -2.15. The number of hydrogen-bond acceptors (Lipinski definition) is 3. The Kier molecular flexibility index (Phi) is 2.68. The fraction of sp³-hybridized carbons (Fsp3) is 0.267. The molecule has 0 radical (unpaired) electrons. The first kappa shape index (κ1) is 11.7. The van der Waals surface area contributed by atoms with Crippen molar-refractivity contribution in [3.8, 4) is 28.8 Å². The Bertz CT molecular complexity index is 680. The lowest BCUT2D eigenvalue weighted by atomic mass is 10.0. The zero-order valence-corrected chi connectivity index (χ0v) is 10.9. The van der Waals surface area contributed by atoms with Gasteiger partial charge in [0.1, 0.15) is 19.3 Å². The predicted octanol–water partition coefficient (Wildman–Crippen LogP) is 2.94. The van der Waals surface area contributed by atoms with E-state index in [0.717, 1.165) is 34.0 Å². The molecule has 4 nitrogen and oxygen atoms in total. The summed E-state index contributed by atoms with van der Waals surface area (Å²) in [5.41, 5.74) is 4.61. The van der Waals surface area contributed by atoms with Gasteiger partial charge >= 0.3 is 0 Å². The summed E-state index contributed by atoms with van der Waals surface area (Å²) in [6.07, 6.45) is 0. The van der Waals surface area contributed by atoms with Crippen LogP contribution in [0.2, 0.25) is 0 Å². The smallest absolute Gasteiger partial charge is 0.162 e. The van der Waals surface area contributed by atoms with Crippen molar-refractivity contribution in [1.82, 2.24) is 4.98 Å². The lowest BCUT2D eigenvalue weighted by molar-refractivity contribution is 0.171. The fourth-order valence-corrected chi connectivity index (χ4v) is 2.30. The van der Waals surface area contributed by atoms with Gasteiger partial charge in [-0.15, -0.1) is 0 Å². The number of benzene rings is 1. The number of nitrogens with zero attached hydrogens (tertiary/aromatic N) is 1. The van der Waals surface area contributed by atoms with E-state index in [2.05, 4.69) is 11.1 Å². The second-order valence-electron chi connectivity index (χ2n) is 4.64. The van der Waals surface area contributed by atoms with E-state index >= 15 is 0 Å². The molecule has 19 heavy (non-hydrogen) atoms. The van der Waals surface area contributed by atoms with E-state index in [-0.39, 0.29) is 0 Å². The minimum absolute atomic E-state index is 0.572. The number of hydrogen-bond donors (Lipinski definition) is 1. The number of nitrogens with one attached hydrogen (secondary N) is 1. The van der Waals surface area contributed by atoms with Gasteiger partial charge in [-0.05, 0) is 37.6 Å². The molecule has 1 aliphatic heterocycles. The maximum atomic E-state index is 9.03. The SMILES string of the molecule is Cc1cc2c(cc1-c1cc(C#N)c(C)[nH]1)OCCO2. The monoisotopic (exact) mass is 254 g/mol. The molecule has 0 saturated carbocycles. The highest BCUT2D eigenvalue weighted by Crippen LogP contribution is 2.37. The summed E-state index contributed by atoms with van der Waals surface area (Å²) in [6.45, 7) is 5.08. The van der Waals surface area contributed by atoms with Gasteiger partial charge in [0.2, 0.25) is 0 Å². The number of H-pyrrole nitrogens is 1. The third-order valence-electron chi connectivity index (χ3n) is 3.31. The molecule has 0 spiro atoms. The van der Waals surface area contributed by atoms with E-state index in [4.69, 9.17) is 14.7 Å². The van der Waals surface area contributed by atoms with Crippen LogP contribution in [-0.2, 0) is 0 Å². The van der Waals surface area contributed by atoms with E-state index in [1.54, 1.807) is 0 Å². The molecular weight excluding hydrogens is 240 g/mol. The Morgan fingerprint density at radius 3 is 2.42 bits per heavy atom. The molecular formula is C15H14N2O2. The molecule has 96 valence electrons. The molecule has 2 aromatic rings. The van der Waals surface area contributed by atoms with Crippen molar-refractivity contribution in [2.24, 2.45) is 0 Å². The lowest BCUT2D eigenvalue weighted by Gasteiger charge is -2.20. The number of ether oxygens (including phenoxy) is 2. The van der Waals surface area contributed by atoms with Crippen molar-refractivity contribution in [3.63, 3.8) is 0 Å². The zero-order chi connectivity index (χ0) is 13.4. The molecule has 2 heterocycles. The molecule has 1 N–H and O–H groups in total. The molecule has 0 bridgehead atoms. The van der Waals surface area contributed by atoms with E-state index in [1.165, 1.54) is 0 Å². The van der Waals surface area contributed by atoms with Crippen molar-refractivity contribution in [1.29, 1.82) is 5.26 Å². The largest absolute Gasteiger partial charge is 0.486 e. The second-order valence-corrected chi connectivity index (χ2v) is 4.64. The van der Waals surface area contributed by atoms with Crippen molar-refractivity contribution < 1.29 is 9.47 Å². The molecule has 0 amide bonds. The standard InChI is InChI=1S/C15H14N2O2/c1-9-5-14-15(19-4-3-18-14)7-12(9)13-6-11(8-16)10(2)17-13/h5-7,17H,3-4H2,1-2H3. The van der Waals surface area contributed by atoms with E-state index in [0.29, 0.717) is 18.8 Å². The van der Waals surface area contributed by atoms with Crippen LogP contribution in [0.25, 0.3) is 11.3 Å². The van der Waals surface area contributed by atoms with E-state index in [1.807, 2.05) is 32.0 Å². The first-order valence-corrected chi connectivity index (χ1v) is 6.19. The highest BCUT2D eigenvalue weighted by Gasteiger charge is 2.16.